The van der Waals surface area contributed by atoms with Crippen LogP contribution in [0.4, 0.5) is 0 Å². The lowest BCUT2D eigenvalue weighted by atomic mass is 10.00. The van der Waals surface area contributed by atoms with Crippen LogP contribution in [0.3, 0.4) is 0 Å². The van der Waals surface area contributed by atoms with Crippen molar-refractivity contribution in [2.24, 2.45) is 11.7 Å². The van der Waals surface area contributed by atoms with Crippen molar-refractivity contribution < 1.29 is 4.79 Å². The molecular formula is C14H19NO. The third kappa shape index (κ3) is 3.46. The van der Waals surface area contributed by atoms with Crippen LogP contribution in [0, 0.1) is 5.92 Å². The van der Waals surface area contributed by atoms with Crippen LogP contribution in [-0.4, -0.2) is 5.78 Å². The lowest BCUT2D eigenvalue weighted by Crippen LogP contribution is -2.12. The van der Waals surface area contributed by atoms with Crippen molar-refractivity contribution >= 4 is 5.78 Å². The van der Waals surface area contributed by atoms with E-state index in [-0.39, 0.29) is 6.04 Å². The molecule has 86 valence electrons. The summed E-state index contributed by atoms with van der Waals surface area (Å²) in [5.74, 6) is 1.08. The highest BCUT2D eigenvalue weighted by Crippen LogP contribution is 2.33. The number of hydrogen-bond acceptors (Lipinski definition) is 2. The number of hydrogen-bond donors (Lipinski definition) is 1. The third-order valence-corrected chi connectivity index (χ3v) is 3.18. The van der Waals surface area contributed by atoms with Crippen LogP contribution in [0.1, 0.15) is 43.7 Å². The molecule has 1 aromatic rings. The minimum Gasteiger partial charge on any atom is -0.324 e. The lowest BCUT2D eigenvalue weighted by Gasteiger charge is -2.10. The Labute approximate surface area is 96.8 Å². The topological polar surface area (TPSA) is 43.1 Å². The largest absolute Gasteiger partial charge is 0.324 e. The van der Waals surface area contributed by atoms with Gasteiger partial charge in [-0.1, -0.05) is 30.3 Å². The number of Topliss-reactive ketones (excluding diaryl/α,β-unsaturated/α-hetero) is 1. The van der Waals surface area contributed by atoms with Crippen molar-refractivity contribution in [3.63, 3.8) is 0 Å². The van der Waals surface area contributed by atoms with Gasteiger partial charge in [-0.25, -0.2) is 0 Å². The summed E-state index contributed by atoms with van der Waals surface area (Å²) in [6, 6.07) is 10.0. The van der Waals surface area contributed by atoms with Gasteiger partial charge in [0.1, 0.15) is 5.78 Å². The van der Waals surface area contributed by atoms with Crippen molar-refractivity contribution in [2.45, 2.75) is 38.1 Å². The second-order valence-corrected chi connectivity index (χ2v) is 4.74. The predicted octanol–water partition coefficient (Wildman–Crippen LogP) is 2.84. The van der Waals surface area contributed by atoms with Crippen LogP contribution in [0.15, 0.2) is 30.3 Å². The van der Waals surface area contributed by atoms with E-state index in [1.54, 1.807) is 0 Å². The first-order chi connectivity index (χ1) is 7.75. The zero-order chi connectivity index (χ0) is 11.4. The van der Waals surface area contributed by atoms with Crippen LogP contribution in [0.2, 0.25) is 0 Å². The molecule has 0 aliphatic heterocycles. The molecule has 0 bridgehead atoms. The lowest BCUT2D eigenvalue weighted by molar-refractivity contribution is -0.119. The minimum absolute atomic E-state index is 0.00403. The summed E-state index contributed by atoms with van der Waals surface area (Å²) in [5, 5.41) is 0. The first kappa shape index (κ1) is 11.3. The van der Waals surface area contributed by atoms with Crippen molar-refractivity contribution in [3.05, 3.63) is 35.9 Å². The molecule has 0 radical (unpaired) electrons. The maximum atomic E-state index is 11.6. The normalized spacial score (nSPS) is 17.1. The molecule has 1 aliphatic rings. The van der Waals surface area contributed by atoms with E-state index < -0.39 is 0 Å². The second-order valence-electron chi connectivity index (χ2n) is 4.74. The summed E-state index contributed by atoms with van der Waals surface area (Å²) in [6.07, 6.45) is 4.68. The van der Waals surface area contributed by atoms with E-state index in [0.717, 1.165) is 18.4 Å². The van der Waals surface area contributed by atoms with E-state index in [9.17, 15) is 4.79 Å². The van der Waals surface area contributed by atoms with E-state index in [2.05, 4.69) is 0 Å². The number of rotatable bonds is 6. The van der Waals surface area contributed by atoms with Gasteiger partial charge >= 0.3 is 0 Å². The van der Waals surface area contributed by atoms with Crippen LogP contribution in [0.25, 0.3) is 0 Å². The average Bonchev–Trinajstić information content (AvgIpc) is 3.11. The Kier molecular flexibility index (Phi) is 3.73. The summed E-state index contributed by atoms with van der Waals surface area (Å²) >= 11 is 0. The first-order valence-corrected chi connectivity index (χ1v) is 6.08. The van der Waals surface area contributed by atoms with E-state index in [1.165, 1.54) is 12.8 Å². The van der Waals surface area contributed by atoms with Gasteiger partial charge in [-0.3, -0.25) is 4.79 Å². The van der Waals surface area contributed by atoms with Gasteiger partial charge in [-0.15, -0.1) is 0 Å². The van der Waals surface area contributed by atoms with Gasteiger partial charge in [0.05, 0.1) is 0 Å². The number of carbonyl (C=O) groups excluding carboxylic acids is 1. The molecule has 1 fully saturated rings. The molecule has 0 spiro atoms. The number of ketones is 1. The second kappa shape index (κ2) is 5.26. The monoisotopic (exact) mass is 217 g/mol. The van der Waals surface area contributed by atoms with Gasteiger partial charge in [0.2, 0.25) is 0 Å². The Morgan fingerprint density at radius 2 is 2.00 bits per heavy atom. The van der Waals surface area contributed by atoms with Gasteiger partial charge in [0, 0.05) is 18.9 Å². The predicted molar refractivity (Wildman–Crippen MR) is 65.0 cm³/mol. The van der Waals surface area contributed by atoms with Crippen LogP contribution in [-0.2, 0) is 4.79 Å². The van der Waals surface area contributed by atoms with Gasteiger partial charge in [0.25, 0.3) is 0 Å². The van der Waals surface area contributed by atoms with E-state index >= 15 is 0 Å². The maximum absolute atomic E-state index is 11.6. The molecule has 0 heterocycles. The Morgan fingerprint density at radius 1 is 1.31 bits per heavy atom. The standard InChI is InChI=1S/C14H19NO/c15-14(12-4-2-1-3-5-12)9-8-13(16)10-11-6-7-11/h1-5,11,14H,6-10,15H2. The molecule has 2 heteroatoms. The Morgan fingerprint density at radius 3 is 2.62 bits per heavy atom. The molecule has 1 aliphatic carbocycles. The molecular weight excluding hydrogens is 198 g/mol. The van der Waals surface area contributed by atoms with Crippen molar-refractivity contribution in [1.82, 2.24) is 0 Å². The molecule has 0 saturated heterocycles. The fourth-order valence-corrected chi connectivity index (χ4v) is 1.93. The number of carbonyl (C=O) groups is 1. The average molecular weight is 217 g/mol. The molecule has 1 unspecified atom stereocenters. The molecule has 16 heavy (non-hydrogen) atoms. The molecule has 1 aromatic carbocycles. The molecule has 1 saturated carbocycles. The molecule has 0 amide bonds. The fourth-order valence-electron chi connectivity index (χ4n) is 1.93. The van der Waals surface area contributed by atoms with E-state index in [4.69, 9.17) is 5.73 Å². The smallest absolute Gasteiger partial charge is 0.133 e. The SMILES string of the molecule is NC(CCC(=O)CC1CC1)c1ccccc1. The quantitative estimate of drug-likeness (QED) is 0.796. The summed E-state index contributed by atoms with van der Waals surface area (Å²) in [7, 11) is 0. The zero-order valence-corrected chi connectivity index (χ0v) is 9.56. The Balaban J connectivity index is 1.74. The van der Waals surface area contributed by atoms with Gasteiger partial charge in [-0.2, -0.15) is 0 Å². The molecule has 1 atom stereocenters. The van der Waals surface area contributed by atoms with Gasteiger partial charge in [-0.05, 0) is 30.7 Å². The van der Waals surface area contributed by atoms with Crippen molar-refractivity contribution in [1.29, 1.82) is 0 Å². The van der Waals surface area contributed by atoms with E-state index in [1.807, 2.05) is 30.3 Å². The van der Waals surface area contributed by atoms with Crippen LogP contribution in [0.5, 0.6) is 0 Å². The van der Waals surface area contributed by atoms with Crippen molar-refractivity contribution in [2.75, 3.05) is 0 Å². The summed E-state index contributed by atoms with van der Waals surface area (Å²) in [6.45, 7) is 0. The summed E-state index contributed by atoms with van der Waals surface area (Å²) in [5.41, 5.74) is 7.16. The van der Waals surface area contributed by atoms with Crippen LogP contribution >= 0.6 is 0 Å². The molecule has 0 aromatic heterocycles. The van der Waals surface area contributed by atoms with Gasteiger partial charge in [0.15, 0.2) is 0 Å². The highest BCUT2D eigenvalue weighted by molar-refractivity contribution is 5.78. The highest BCUT2D eigenvalue weighted by Gasteiger charge is 2.24. The highest BCUT2D eigenvalue weighted by atomic mass is 16.1. The molecule has 2 rings (SSSR count). The molecule has 2 nitrogen and oxygen atoms in total. The zero-order valence-electron chi connectivity index (χ0n) is 9.56. The third-order valence-electron chi connectivity index (χ3n) is 3.18. The number of nitrogens with two attached hydrogens (primary N) is 1. The first-order valence-electron chi connectivity index (χ1n) is 6.08. The van der Waals surface area contributed by atoms with Gasteiger partial charge < -0.3 is 5.73 Å². The minimum atomic E-state index is 0.00403. The summed E-state index contributed by atoms with van der Waals surface area (Å²) in [4.78, 5) is 11.6. The number of benzene rings is 1. The Bertz CT molecular complexity index is 343. The van der Waals surface area contributed by atoms with E-state index in [0.29, 0.717) is 18.1 Å². The maximum Gasteiger partial charge on any atom is 0.133 e. The Hall–Kier alpha value is -1.15. The summed E-state index contributed by atoms with van der Waals surface area (Å²) < 4.78 is 0. The van der Waals surface area contributed by atoms with Crippen molar-refractivity contribution in [3.8, 4) is 0 Å². The fraction of sp³-hybridized carbons (Fsp3) is 0.500. The van der Waals surface area contributed by atoms with Crippen LogP contribution < -0.4 is 5.73 Å². The molecule has 2 N–H and O–H groups in total.